The molecular weight excluding hydrogens is 286 g/mol. The number of hydrogen-bond acceptors (Lipinski definition) is 4. The van der Waals surface area contributed by atoms with E-state index in [9.17, 15) is 0 Å². The maximum absolute atomic E-state index is 5.69. The van der Waals surface area contributed by atoms with E-state index < -0.39 is 0 Å². The number of hydrogen-bond donors (Lipinski definition) is 0. The van der Waals surface area contributed by atoms with Gasteiger partial charge in [-0.25, -0.2) is 9.97 Å². The summed E-state index contributed by atoms with van der Waals surface area (Å²) >= 11 is 10.7. The lowest BCUT2D eigenvalue weighted by Gasteiger charge is -2.08. The molecule has 0 saturated carbocycles. The smallest absolute Gasteiger partial charge is 0.223 e. The third-order valence-corrected chi connectivity index (χ3v) is 3.46. The molecule has 1 heterocycles. The van der Waals surface area contributed by atoms with Crippen molar-refractivity contribution in [3.63, 3.8) is 0 Å². The second-order valence-corrected chi connectivity index (χ2v) is 5.22. The van der Waals surface area contributed by atoms with Gasteiger partial charge in [-0.3, -0.25) is 0 Å². The summed E-state index contributed by atoms with van der Waals surface area (Å²) in [5, 5.41) is 1.19. The number of thioether (sulfide) groups is 1. The molecule has 0 aliphatic heterocycles. The molecule has 0 N–H and O–H groups in total. The fourth-order valence-corrected chi connectivity index (χ4v) is 2.47. The van der Waals surface area contributed by atoms with Crippen molar-refractivity contribution in [2.75, 3.05) is 26.4 Å². The lowest BCUT2D eigenvalue weighted by molar-refractivity contribution is 0.437. The molecule has 0 aliphatic carbocycles. The molecule has 0 atom stereocenters. The molecule has 0 bridgehead atoms. The predicted octanol–water partition coefficient (Wildman–Crippen LogP) is 2.55. The second-order valence-electron chi connectivity index (χ2n) is 2.94. The number of aromatic nitrogens is 2. The highest BCUT2D eigenvalue weighted by Gasteiger charge is 2.04. The molecule has 0 aromatic carbocycles. The number of nitrogens with zero attached hydrogens (tertiary/aromatic N) is 3. The topological polar surface area (TPSA) is 29.0 Å². The molecular formula is C8H11BrClN3S. The van der Waals surface area contributed by atoms with Crippen LogP contribution in [0.4, 0.5) is 0 Å². The van der Waals surface area contributed by atoms with Crippen molar-refractivity contribution in [2.45, 2.75) is 5.03 Å². The SMILES string of the molecule is CN(C)CCSc1nc(Cl)ncc1Br. The van der Waals surface area contributed by atoms with Gasteiger partial charge in [0, 0.05) is 18.5 Å². The summed E-state index contributed by atoms with van der Waals surface area (Å²) in [6, 6.07) is 0. The van der Waals surface area contributed by atoms with Gasteiger partial charge in [0.05, 0.1) is 4.47 Å². The van der Waals surface area contributed by atoms with Crippen molar-refractivity contribution in [1.29, 1.82) is 0 Å². The van der Waals surface area contributed by atoms with Crippen LogP contribution in [0.1, 0.15) is 0 Å². The van der Waals surface area contributed by atoms with Gasteiger partial charge in [-0.15, -0.1) is 11.8 Å². The molecule has 6 heteroatoms. The first-order valence-electron chi connectivity index (χ1n) is 4.05. The molecule has 0 aliphatic rings. The van der Waals surface area contributed by atoms with Crippen LogP contribution >= 0.6 is 39.3 Å². The Morgan fingerprint density at radius 1 is 1.57 bits per heavy atom. The van der Waals surface area contributed by atoms with Crippen molar-refractivity contribution in [3.8, 4) is 0 Å². The van der Waals surface area contributed by atoms with Gasteiger partial charge in [0.25, 0.3) is 0 Å². The summed E-state index contributed by atoms with van der Waals surface area (Å²) in [5.74, 6) is 0.985. The van der Waals surface area contributed by atoms with E-state index in [1.807, 2.05) is 14.1 Å². The van der Waals surface area contributed by atoms with Crippen molar-refractivity contribution < 1.29 is 0 Å². The van der Waals surface area contributed by atoms with E-state index in [-0.39, 0.29) is 0 Å². The quantitative estimate of drug-likeness (QED) is 0.485. The summed E-state index contributed by atoms with van der Waals surface area (Å²) in [4.78, 5) is 10.1. The Balaban J connectivity index is 2.53. The van der Waals surface area contributed by atoms with Crippen molar-refractivity contribution >= 4 is 39.3 Å². The zero-order valence-electron chi connectivity index (χ0n) is 8.00. The van der Waals surface area contributed by atoms with Crippen LogP contribution in [-0.4, -0.2) is 41.3 Å². The average Bonchev–Trinajstić information content (AvgIpc) is 2.10. The number of halogens is 2. The summed E-state index contributed by atoms with van der Waals surface area (Å²) < 4.78 is 0.894. The van der Waals surface area contributed by atoms with Gasteiger partial charge in [0.1, 0.15) is 5.03 Å². The van der Waals surface area contributed by atoms with Crippen molar-refractivity contribution in [1.82, 2.24) is 14.9 Å². The molecule has 1 aromatic rings. The molecule has 0 unspecified atom stereocenters. The largest absolute Gasteiger partial charge is 0.309 e. The van der Waals surface area contributed by atoms with E-state index in [1.165, 1.54) is 0 Å². The van der Waals surface area contributed by atoms with Crippen molar-refractivity contribution in [3.05, 3.63) is 16.0 Å². The Bertz CT molecular complexity index is 309. The van der Waals surface area contributed by atoms with Crippen LogP contribution in [0.2, 0.25) is 5.28 Å². The Hall–Kier alpha value is 0.160. The van der Waals surface area contributed by atoms with Gasteiger partial charge < -0.3 is 4.90 Å². The zero-order chi connectivity index (χ0) is 10.6. The molecule has 0 spiro atoms. The Labute approximate surface area is 101 Å². The maximum Gasteiger partial charge on any atom is 0.223 e. The van der Waals surface area contributed by atoms with E-state index >= 15 is 0 Å². The van der Waals surface area contributed by atoms with E-state index in [0.29, 0.717) is 5.28 Å². The third kappa shape index (κ3) is 4.13. The van der Waals surface area contributed by atoms with E-state index in [0.717, 1.165) is 21.8 Å². The maximum atomic E-state index is 5.69. The van der Waals surface area contributed by atoms with Gasteiger partial charge in [-0.05, 0) is 41.6 Å². The summed E-state index contributed by atoms with van der Waals surface area (Å²) in [6.07, 6.45) is 1.67. The normalized spacial score (nSPS) is 10.9. The predicted molar refractivity (Wildman–Crippen MR) is 64.0 cm³/mol. The fraction of sp³-hybridized carbons (Fsp3) is 0.500. The van der Waals surface area contributed by atoms with Gasteiger partial charge in [0.2, 0.25) is 5.28 Å². The molecule has 0 radical (unpaired) electrons. The molecule has 0 amide bonds. The highest BCUT2D eigenvalue weighted by molar-refractivity contribution is 9.10. The molecule has 3 nitrogen and oxygen atoms in total. The molecule has 1 rings (SSSR count). The van der Waals surface area contributed by atoms with Gasteiger partial charge >= 0.3 is 0 Å². The summed E-state index contributed by atoms with van der Waals surface area (Å²) in [6.45, 7) is 1.01. The number of rotatable bonds is 4. The van der Waals surface area contributed by atoms with Crippen LogP contribution in [0.5, 0.6) is 0 Å². The van der Waals surface area contributed by atoms with Gasteiger partial charge in [-0.2, -0.15) is 0 Å². The minimum atomic E-state index is 0.292. The van der Waals surface area contributed by atoms with Crippen LogP contribution in [-0.2, 0) is 0 Å². The Morgan fingerprint density at radius 2 is 2.29 bits per heavy atom. The first-order chi connectivity index (χ1) is 6.59. The molecule has 78 valence electrons. The Kier molecular flexibility index (Phi) is 5.15. The standard InChI is InChI=1S/C8H11BrClN3S/c1-13(2)3-4-14-7-6(9)5-11-8(10)12-7/h5H,3-4H2,1-2H3. The van der Waals surface area contributed by atoms with E-state index in [1.54, 1.807) is 18.0 Å². The van der Waals surface area contributed by atoms with Gasteiger partial charge in [0.15, 0.2) is 0 Å². The van der Waals surface area contributed by atoms with Crippen molar-refractivity contribution in [2.24, 2.45) is 0 Å². The zero-order valence-corrected chi connectivity index (χ0v) is 11.2. The molecule has 0 fully saturated rings. The van der Waals surface area contributed by atoms with Gasteiger partial charge in [-0.1, -0.05) is 0 Å². The monoisotopic (exact) mass is 295 g/mol. The highest BCUT2D eigenvalue weighted by Crippen LogP contribution is 2.25. The second kappa shape index (κ2) is 5.90. The average molecular weight is 297 g/mol. The van der Waals surface area contributed by atoms with E-state index in [4.69, 9.17) is 11.6 Å². The van der Waals surface area contributed by atoms with Crippen LogP contribution < -0.4 is 0 Å². The first kappa shape index (κ1) is 12.2. The molecule has 1 aromatic heterocycles. The van der Waals surface area contributed by atoms with Crippen LogP contribution in [0.15, 0.2) is 15.7 Å². The summed E-state index contributed by atoms with van der Waals surface area (Å²) in [5.41, 5.74) is 0. The van der Waals surface area contributed by atoms with Crippen LogP contribution in [0.3, 0.4) is 0 Å². The molecule has 14 heavy (non-hydrogen) atoms. The van der Waals surface area contributed by atoms with Crippen LogP contribution in [0, 0.1) is 0 Å². The lowest BCUT2D eigenvalue weighted by atomic mass is 10.7. The lowest BCUT2D eigenvalue weighted by Crippen LogP contribution is -2.14. The highest BCUT2D eigenvalue weighted by atomic mass is 79.9. The van der Waals surface area contributed by atoms with E-state index in [2.05, 4.69) is 30.8 Å². The third-order valence-electron chi connectivity index (χ3n) is 1.46. The minimum absolute atomic E-state index is 0.292. The van der Waals surface area contributed by atoms with Crippen LogP contribution in [0.25, 0.3) is 0 Å². The molecule has 0 saturated heterocycles. The Morgan fingerprint density at radius 3 is 2.93 bits per heavy atom. The first-order valence-corrected chi connectivity index (χ1v) is 6.21. The fourth-order valence-electron chi connectivity index (χ4n) is 0.757. The minimum Gasteiger partial charge on any atom is -0.309 e. The summed E-state index contributed by atoms with van der Waals surface area (Å²) in [7, 11) is 4.09.